The number of nitrogens with zero attached hydrogens (tertiary/aromatic N) is 4. The van der Waals surface area contributed by atoms with E-state index in [4.69, 9.17) is 15.6 Å². The third-order valence-electron chi connectivity index (χ3n) is 4.25. The van der Waals surface area contributed by atoms with Crippen LogP contribution in [0.1, 0.15) is 4.88 Å². The standard InChI is InChI=1S/C17H17F2N5O2S.C2HF3O2/c1-22-7-11(2-5-15(22)25)14-4-3-13(27-14)9-23-10-21-24(17(23)26)8-12(6-20)16(18)19;3-2(4,5)1(6)7/h2-5,7,10H,6,8-9,20H2,1H3;(H,6,7). The number of pyridine rings is 1. The monoisotopic (exact) mass is 507 g/mol. The summed E-state index contributed by atoms with van der Waals surface area (Å²) >= 11 is 1.48. The third kappa shape index (κ3) is 6.95. The number of aliphatic carboxylic acids is 1. The lowest BCUT2D eigenvalue weighted by atomic mass is 10.2. The number of aromatic nitrogens is 4. The molecule has 0 saturated carbocycles. The van der Waals surface area contributed by atoms with Gasteiger partial charge in [-0.05, 0) is 18.2 Å². The molecule has 0 bridgehead atoms. The number of hydrogen-bond acceptors (Lipinski definition) is 6. The number of nitrogens with two attached hydrogens (primary N) is 1. The zero-order valence-electron chi connectivity index (χ0n) is 17.4. The maximum absolute atomic E-state index is 12.7. The molecule has 3 heterocycles. The van der Waals surface area contributed by atoms with Crippen LogP contribution in [0.5, 0.6) is 0 Å². The number of halogens is 5. The van der Waals surface area contributed by atoms with E-state index in [1.54, 1.807) is 19.3 Å². The van der Waals surface area contributed by atoms with Gasteiger partial charge in [0.2, 0.25) is 5.56 Å². The normalized spacial score (nSPS) is 11.0. The van der Waals surface area contributed by atoms with Gasteiger partial charge in [-0.2, -0.15) is 27.1 Å². The highest BCUT2D eigenvalue weighted by Gasteiger charge is 2.38. The lowest BCUT2D eigenvalue weighted by Gasteiger charge is -2.02. The van der Waals surface area contributed by atoms with E-state index >= 15 is 0 Å². The maximum atomic E-state index is 12.7. The van der Waals surface area contributed by atoms with Gasteiger partial charge >= 0.3 is 17.8 Å². The first-order valence-electron chi connectivity index (χ1n) is 9.24. The molecule has 34 heavy (non-hydrogen) atoms. The van der Waals surface area contributed by atoms with Crippen LogP contribution in [0.25, 0.3) is 10.4 Å². The van der Waals surface area contributed by atoms with Gasteiger partial charge < -0.3 is 15.4 Å². The maximum Gasteiger partial charge on any atom is 0.490 e. The van der Waals surface area contributed by atoms with E-state index in [0.717, 1.165) is 20.0 Å². The number of thiophene rings is 1. The Balaban J connectivity index is 0.000000509. The Morgan fingerprint density at radius 3 is 2.35 bits per heavy atom. The molecule has 0 amide bonds. The van der Waals surface area contributed by atoms with Crippen LogP contribution < -0.4 is 17.0 Å². The van der Waals surface area contributed by atoms with Crippen molar-refractivity contribution in [1.82, 2.24) is 18.9 Å². The number of carboxylic acid groups (broad SMARTS) is 1. The lowest BCUT2D eigenvalue weighted by Crippen LogP contribution is -2.27. The van der Waals surface area contributed by atoms with Crippen LogP contribution >= 0.6 is 11.3 Å². The second-order valence-corrected chi connectivity index (χ2v) is 7.87. The van der Waals surface area contributed by atoms with Crippen molar-refractivity contribution in [2.75, 3.05) is 6.54 Å². The van der Waals surface area contributed by atoms with E-state index in [0.29, 0.717) is 0 Å². The largest absolute Gasteiger partial charge is 0.490 e. The summed E-state index contributed by atoms with van der Waals surface area (Å²) in [6.45, 7) is -0.400. The molecule has 0 radical (unpaired) electrons. The van der Waals surface area contributed by atoms with Gasteiger partial charge in [0.15, 0.2) is 0 Å². The molecular weight excluding hydrogens is 489 g/mol. The Bertz CT molecular complexity index is 1300. The van der Waals surface area contributed by atoms with E-state index in [2.05, 4.69) is 5.10 Å². The van der Waals surface area contributed by atoms with Crippen molar-refractivity contribution in [1.29, 1.82) is 0 Å². The molecule has 0 spiro atoms. The molecule has 0 saturated heterocycles. The van der Waals surface area contributed by atoms with Gasteiger partial charge in [-0.15, -0.1) is 11.3 Å². The van der Waals surface area contributed by atoms with E-state index in [9.17, 15) is 31.5 Å². The van der Waals surface area contributed by atoms with Gasteiger partial charge in [0.1, 0.15) is 6.33 Å². The van der Waals surface area contributed by atoms with Crippen molar-refractivity contribution < 1.29 is 31.9 Å². The Labute approximate surface area is 191 Å². The number of alkyl halides is 3. The lowest BCUT2D eigenvalue weighted by molar-refractivity contribution is -0.192. The van der Waals surface area contributed by atoms with Crippen LogP contribution in [0.3, 0.4) is 0 Å². The average Bonchev–Trinajstić information content (AvgIpc) is 3.35. The smallest absolute Gasteiger partial charge is 0.475 e. The molecule has 3 N–H and O–H groups in total. The van der Waals surface area contributed by atoms with Crippen LogP contribution in [0, 0.1) is 0 Å². The van der Waals surface area contributed by atoms with Gasteiger partial charge in [0.05, 0.1) is 13.1 Å². The van der Waals surface area contributed by atoms with Crippen molar-refractivity contribution in [3.05, 3.63) is 74.2 Å². The fraction of sp³-hybridized carbons (Fsp3) is 0.263. The van der Waals surface area contributed by atoms with Crippen molar-refractivity contribution in [3.63, 3.8) is 0 Å². The summed E-state index contributed by atoms with van der Waals surface area (Å²) in [7, 11) is 1.68. The quantitative estimate of drug-likeness (QED) is 0.493. The number of carbonyl (C=O) groups is 1. The van der Waals surface area contributed by atoms with E-state index < -0.39 is 23.9 Å². The summed E-state index contributed by atoms with van der Waals surface area (Å²) < 4.78 is 61.0. The number of aryl methyl sites for hydroxylation is 1. The van der Waals surface area contributed by atoms with Crippen LogP contribution in [0.2, 0.25) is 0 Å². The number of rotatable bonds is 6. The molecule has 0 fully saturated rings. The average molecular weight is 507 g/mol. The third-order valence-corrected chi connectivity index (χ3v) is 5.37. The molecular formula is C19H18F5N5O4S. The Morgan fingerprint density at radius 2 is 1.82 bits per heavy atom. The van der Waals surface area contributed by atoms with Gasteiger partial charge in [-0.25, -0.2) is 14.3 Å². The van der Waals surface area contributed by atoms with E-state index in [-0.39, 0.29) is 30.8 Å². The minimum atomic E-state index is -5.08. The molecule has 3 rings (SSSR count). The highest BCUT2D eigenvalue weighted by atomic mass is 32.1. The van der Waals surface area contributed by atoms with E-state index in [1.807, 2.05) is 12.1 Å². The topological polar surface area (TPSA) is 125 Å². The number of carboxylic acids is 1. The second kappa shape index (κ2) is 11.0. The zero-order chi connectivity index (χ0) is 25.6. The first-order valence-corrected chi connectivity index (χ1v) is 10.1. The summed E-state index contributed by atoms with van der Waals surface area (Å²) in [5, 5.41) is 11.0. The predicted molar refractivity (Wildman–Crippen MR) is 113 cm³/mol. The van der Waals surface area contributed by atoms with Crippen LogP contribution in [0.4, 0.5) is 22.0 Å². The summed E-state index contributed by atoms with van der Waals surface area (Å²) in [6.07, 6.45) is -3.91. The molecule has 0 aliphatic carbocycles. The van der Waals surface area contributed by atoms with E-state index in [1.165, 1.54) is 32.9 Å². The Morgan fingerprint density at radius 1 is 1.18 bits per heavy atom. The molecule has 3 aromatic heterocycles. The Kier molecular flexibility index (Phi) is 8.64. The van der Waals surface area contributed by atoms with Crippen LogP contribution in [0.15, 0.2) is 58.0 Å². The van der Waals surface area contributed by atoms with Gasteiger partial charge in [-0.1, -0.05) is 0 Å². The molecule has 0 aliphatic rings. The fourth-order valence-corrected chi connectivity index (χ4v) is 3.49. The highest BCUT2D eigenvalue weighted by Crippen LogP contribution is 2.27. The van der Waals surface area contributed by atoms with Gasteiger partial charge in [0.25, 0.3) is 6.08 Å². The summed E-state index contributed by atoms with van der Waals surface area (Å²) in [6, 6.07) is 7.02. The predicted octanol–water partition coefficient (Wildman–Crippen LogP) is 2.26. The second-order valence-electron chi connectivity index (χ2n) is 6.70. The van der Waals surface area contributed by atoms with Gasteiger partial charge in [0, 0.05) is 46.7 Å². The SMILES string of the molecule is Cn1cc(-c2ccc(Cn3cnn(CC(CN)=C(F)F)c3=O)s2)ccc1=O.O=C(O)C(F)(F)F. The first kappa shape index (κ1) is 26.7. The molecule has 15 heteroatoms. The summed E-state index contributed by atoms with van der Waals surface area (Å²) in [5.41, 5.74) is 5.27. The highest BCUT2D eigenvalue weighted by molar-refractivity contribution is 7.15. The Hall–Kier alpha value is -3.59. The molecule has 0 aliphatic heterocycles. The van der Waals surface area contributed by atoms with Crippen molar-refractivity contribution >= 4 is 17.3 Å². The molecule has 0 atom stereocenters. The minimum Gasteiger partial charge on any atom is -0.475 e. The molecule has 184 valence electrons. The molecule has 3 aromatic rings. The molecule has 0 aromatic carbocycles. The van der Waals surface area contributed by atoms with Crippen molar-refractivity contribution in [3.8, 4) is 10.4 Å². The van der Waals surface area contributed by atoms with Crippen molar-refractivity contribution in [2.24, 2.45) is 12.8 Å². The zero-order valence-corrected chi connectivity index (χ0v) is 18.2. The van der Waals surface area contributed by atoms with Crippen LogP contribution in [-0.2, 0) is 24.9 Å². The number of hydrogen-bond donors (Lipinski definition) is 2. The van der Waals surface area contributed by atoms with Gasteiger partial charge in [-0.3, -0.25) is 9.36 Å². The minimum absolute atomic E-state index is 0.0925. The summed E-state index contributed by atoms with van der Waals surface area (Å²) in [4.78, 5) is 34.6. The molecule has 9 nitrogen and oxygen atoms in total. The summed E-state index contributed by atoms with van der Waals surface area (Å²) in [5.74, 6) is -2.76. The van der Waals surface area contributed by atoms with Crippen LogP contribution in [-0.4, -0.2) is 42.7 Å². The van der Waals surface area contributed by atoms with Crippen molar-refractivity contribution in [2.45, 2.75) is 19.3 Å². The first-order chi connectivity index (χ1) is 15.8. The fourth-order valence-electron chi connectivity index (χ4n) is 2.50. The molecule has 0 unspecified atom stereocenters.